The van der Waals surface area contributed by atoms with Crippen molar-refractivity contribution in [3.8, 4) is 0 Å². The first kappa shape index (κ1) is 14.7. The molecule has 0 aromatic rings. The van der Waals surface area contributed by atoms with E-state index in [0.29, 0.717) is 19.6 Å². The summed E-state index contributed by atoms with van der Waals surface area (Å²) in [5.41, 5.74) is 0. The molecule has 0 aliphatic carbocycles. The Balaban J connectivity index is 3.28. The smallest absolute Gasteiger partial charge is 0.391 e. The van der Waals surface area contributed by atoms with E-state index < -0.39 is 18.7 Å². The second-order valence-corrected chi connectivity index (χ2v) is 3.52. The van der Waals surface area contributed by atoms with Crippen LogP contribution in [0.25, 0.3) is 0 Å². The monoisotopic (exact) mass is 228 g/mol. The van der Waals surface area contributed by atoms with Gasteiger partial charge in [-0.05, 0) is 19.8 Å². The van der Waals surface area contributed by atoms with Crippen LogP contribution in [0.5, 0.6) is 0 Å². The third-order valence-electron chi connectivity index (χ3n) is 2.00. The van der Waals surface area contributed by atoms with Gasteiger partial charge in [0.05, 0.1) is 12.5 Å². The van der Waals surface area contributed by atoms with Crippen molar-refractivity contribution in [1.29, 1.82) is 0 Å². The number of alkyl halides is 3. The van der Waals surface area contributed by atoms with Crippen molar-refractivity contribution in [1.82, 2.24) is 0 Å². The molecule has 2 nitrogen and oxygen atoms in total. The highest BCUT2D eigenvalue weighted by atomic mass is 19.4. The molecule has 0 rings (SSSR count). The van der Waals surface area contributed by atoms with Crippen LogP contribution < -0.4 is 0 Å². The Kier molecular flexibility index (Phi) is 7.78. The molecule has 0 bridgehead atoms. The van der Waals surface area contributed by atoms with Gasteiger partial charge in [0, 0.05) is 13.2 Å². The summed E-state index contributed by atoms with van der Waals surface area (Å²) in [6, 6.07) is 0. The predicted molar refractivity (Wildman–Crippen MR) is 51.6 cm³/mol. The van der Waals surface area contributed by atoms with Crippen LogP contribution in [0.3, 0.4) is 0 Å². The minimum absolute atomic E-state index is 0.214. The lowest BCUT2D eigenvalue weighted by atomic mass is 10.1. The average molecular weight is 228 g/mol. The summed E-state index contributed by atoms with van der Waals surface area (Å²) >= 11 is 0. The molecule has 0 heterocycles. The molecule has 0 aromatic heterocycles. The zero-order valence-corrected chi connectivity index (χ0v) is 9.02. The molecule has 0 aliphatic rings. The quantitative estimate of drug-likeness (QED) is 0.647. The fourth-order valence-corrected chi connectivity index (χ4v) is 1.27. The Morgan fingerprint density at radius 1 is 1.20 bits per heavy atom. The van der Waals surface area contributed by atoms with E-state index in [9.17, 15) is 13.2 Å². The van der Waals surface area contributed by atoms with E-state index in [1.807, 2.05) is 6.92 Å². The SMILES string of the molecule is CCOCCCCCC(O)CC(F)(F)F. The van der Waals surface area contributed by atoms with Crippen molar-refractivity contribution in [2.75, 3.05) is 13.2 Å². The highest BCUT2D eigenvalue weighted by Gasteiger charge is 2.30. The van der Waals surface area contributed by atoms with E-state index in [1.165, 1.54) is 0 Å². The van der Waals surface area contributed by atoms with Crippen molar-refractivity contribution in [3.05, 3.63) is 0 Å². The Hall–Kier alpha value is -0.290. The molecule has 15 heavy (non-hydrogen) atoms. The van der Waals surface area contributed by atoms with E-state index in [2.05, 4.69) is 0 Å². The largest absolute Gasteiger partial charge is 0.393 e. The maximum atomic E-state index is 11.8. The Bertz CT molecular complexity index is 148. The standard InChI is InChI=1S/C10H19F3O2/c1-2-15-7-5-3-4-6-9(14)8-10(11,12)13/h9,14H,2-8H2,1H3. The molecule has 0 saturated carbocycles. The summed E-state index contributed by atoms with van der Waals surface area (Å²) < 4.78 is 40.5. The molecule has 0 aromatic carbocycles. The molecular formula is C10H19F3O2. The minimum Gasteiger partial charge on any atom is -0.393 e. The van der Waals surface area contributed by atoms with Gasteiger partial charge in [-0.15, -0.1) is 0 Å². The zero-order valence-electron chi connectivity index (χ0n) is 9.02. The van der Waals surface area contributed by atoms with Crippen molar-refractivity contribution in [2.24, 2.45) is 0 Å². The van der Waals surface area contributed by atoms with Crippen molar-refractivity contribution in [3.63, 3.8) is 0 Å². The van der Waals surface area contributed by atoms with Crippen molar-refractivity contribution >= 4 is 0 Å². The summed E-state index contributed by atoms with van der Waals surface area (Å²) in [6.45, 7) is 3.20. The van der Waals surface area contributed by atoms with Crippen LogP contribution in [-0.2, 0) is 4.74 Å². The molecule has 0 saturated heterocycles. The fourth-order valence-electron chi connectivity index (χ4n) is 1.27. The van der Waals surface area contributed by atoms with Crippen molar-refractivity contribution < 1.29 is 23.0 Å². The molecule has 1 unspecified atom stereocenters. The Morgan fingerprint density at radius 2 is 1.87 bits per heavy atom. The summed E-state index contributed by atoms with van der Waals surface area (Å²) in [5, 5.41) is 9.04. The first-order valence-electron chi connectivity index (χ1n) is 5.28. The number of aliphatic hydroxyl groups excluding tert-OH is 1. The third kappa shape index (κ3) is 11.6. The van der Waals surface area contributed by atoms with E-state index in [4.69, 9.17) is 9.84 Å². The second-order valence-electron chi connectivity index (χ2n) is 3.52. The number of rotatable bonds is 8. The van der Waals surface area contributed by atoms with Gasteiger partial charge in [0.1, 0.15) is 0 Å². The van der Waals surface area contributed by atoms with Crippen LogP contribution in [0.4, 0.5) is 13.2 Å². The highest BCUT2D eigenvalue weighted by molar-refractivity contribution is 4.61. The summed E-state index contributed by atoms with van der Waals surface area (Å²) in [6.07, 6.45) is -4.14. The van der Waals surface area contributed by atoms with Gasteiger partial charge in [0.2, 0.25) is 0 Å². The minimum atomic E-state index is -4.26. The van der Waals surface area contributed by atoms with Gasteiger partial charge in [-0.2, -0.15) is 13.2 Å². The normalized spacial score (nSPS) is 14.2. The Labute approximate surface area is 88.4 Å². The lowest BCUT2D eigenvalue weighted by molar-refractivity contribution is -0.154. The number of ether oxygens (including phenoxy) is 1. The molecule has 5 heteroatoms. The summed E-state index contributed by atoms with van der Waals surface area (Å²) in [4.78, 5) is 0. The molecule has 1 atom stereocenters. The van der Waals surface area contributed by atoms with Gasteiger partial charge in [0.15, 0.2) is 0 Å². The average Bonchev–Trinajstić information content (AvgIpc) is 2.08. The molecule has 0 radical (unpaired) electrons. The first-order chi connectivity index (χ1) is 6.95. The molecular weight excluding hydrogens is 209 g/mol. The number of aliphatic hydroxyl groups is 1. The Morgan fingerprint density at radius 3 is 2.40 bits per heavy atom. The topological polar surface area (TPSA) is 29.5 Å². The maximum absolute atomic E-state index is 11.8. The molecule has 1 N–H and O–H groups in total. The number of hydrogen-bond donors (Lipinski definition) is 1. The van der Waals surface area contributed by atoms with Gasteiger partial charge < -0.3 is 9.84 Å². The number of halogens is 3. The predicted octanol–water partition coefficient (Wildman–Crippen LogP) is 2.90. The maximum Gasteiger partial charge on any atom is 0.391 e. The molecule has 0 spiro atoms. The van der Waals surface area contributed by atoms with Crippen LogP contribution in [0.1, 0.15) is 39.0 Å². The number of hydrogen-bond acceptors (Lipinski definition) is 2. The van der Waals surface area contributed by atoms with Crippen LogP contribution in [0, 0.1) is 0 Å². The molecule has 0 fully saturated rings. The summed E-state index contributed by atoms with van der Waals surface area (Å²) in [7, 11) is 0. The van der Waals surface area contributed by atoms with Gasteiger partial charge in [0.25, 0.3) is 0 Å². The molecule has 0 aliphatic heterocycles. The van der Waals surface area contributed by atoms with Gasteiger partial charge in [-0.3, -0.25) is 0 Å². The van der Waals surface area contributed by atoms with Gasteiger partial charge >= 0.3 is 6.18 Å². The van der Waals surface area contributed by atoms with Crippen LogP contribution in [0.15, 0.2) is 0 Å². The highest BCUT2D eigenvalue weighted by Crippen LogP contribution is 2.23. The second kappa shape index (κ2) is 7.93. The van der Waals surface area contributed by atoms with E-state index in [-0.39, 0.29) is 6.42 Å². The summed E-state index contributed by atoms with van der Waals surface area (Å²) in [5.74, 6) is 0. The third-order valence-corrected chi connectivity index (χ3v) is 2.00. The van der Waals surface area contributed by atoms with Crippen LogP contribution >= 0.6 is 0 Å². The lowest BCUT2D eigenvalue weighted by Gasteiger charge is -2.12. The van der Waals surface area contributed by atoms with Gasteiger partial charge in [-0.25, -0.2) is 0 Å². The molecule has 92 valence electrons. The lowest BCUT2D eigenvalue weighted by Crippen LogP contribution is -2.19. The molecule has 0 amide bonds. The van der Waals surface area contributed by atoms with E-state index in [0.717, 1.165) is 12.8 Å². The van der Waals surface area contributed by atoms with Gasteiger partial charge in [-0.1, -0.05) is 12.8 Å². The van der Waals surface area contributed by atoms with E-state index >= 15 is 0 Å². The van der Waals surface area contributed by atoms with E-state index in [1.54, 1.807) is 0 Å². The van der Waals surface area contributed by atoms with Crippen molar-refractivity contribution in [2.45, 2.75) is 51.3 Å². The van der Waals surface area contributed by atoms with Crippen LogP contribution in [-0.4, -0.2) is 30.6 Å². The van der Waals surface area contributed by atoms with Crippen LogP contribution in [0.2, 0.25) is 0 Å². The first-order valence-corrected chi connectivity index (χ1v) is 5.28. The fraction of sp³-hybridized carbons (Fsp3) is 1.00. The zero-order chi connectivity index (χ0) is 11.7. The number of unbranched alkanes of at least 4 members (excludes halogenated alkanes) is 2.